The molecule has 1 saturated heterocycles. The van der Waals surface area contributed by atoms with Crippen molar-refractivity contribution in [3.8, 4) is 0 Å². The third-order valence-electron chi connectivity index (χ3n) is 3.63. The van der Waals surface area contributed by atoms with Gasteiger partial charge < -0.3 is 5.32 Å². The lowest BCUT2D eigenvalue weighted by Gasteiger charge is -2.32. The van der Waals surface area contributed by atoms with Crippen molar-refractivity contribution in [1.82, 2.24) is 14.6 Å². The highest BCUT2D eigenvalue weighted by atomic mass is 32.2. The minimum atomic E-state index is -3.09. The SMILES string of the molecule is CC(NC1CCN(S(C)(=O)=O)CC1)c1cncc(F)c1. The van der Waals surface area contributed by atoms with Gasteiger partial charge in [-0.2, -0.15) is 0 Å². The van der Waals surface area contributed by atoms with Crippen LogP contribution in [0.1, 0.15) is 31.4 Å². The van der Waals surface area contributed by atoms with Crippen LogP contribution in [0, 0.1) is 5.82 Å². The Morgan fingerprint density at radius 2 is 2.05 bits per heavy atom. The highest BCUT2D eigenvalue weighted by Crippen LogP contribution is 2.18. The Morgan fingerprint density at radius 1 is 1.40 bits per heavy atom. The summed E-state index contributed by atoms with van der Waals surface area (Å²) >= 11 is 0. The van der Waals surface area contributed by atoms with Crippen molar-refractivity contribution in [1.29, 1.82) is 0 Å². The van der Waals surface area contributed by atoms with Crippen LogP contribution >= 0.6 is 0 Å². The molecule has 1 aromatic heterocycles. The van der Waals surface area contributed by atoms with Crippen molar-refractivity contribution < 1.29 is 12.8 Å². The van der Waals surface area contributed by atoms with E-state index in [1.54, 1.807) is 6.20 Å². The Kier molecular flexibility index (Phi) is 4.72. The van der Waals surface area contributed by atoms with Gasteiger partial charge >= 0.3 is 0 Å². The summed E-state index contributed by atoms with van der Waals surface area (Å²) in [6.45, 7) is 3.02. The summed E-state index contributed by atoms with van der Waals surface area (Å²) in [6.07, 6.45) is 5.59. The Hall–Kier alpha value is -1.05. The van der Waals surface area contributed by atoms with Crippen LogP contribution in [0.2, 0.25) is 0 Å². The van der Waals surface area contributed by atoms with Gasteiger partial charge in [-0.05, 0) is 31.4 Å². The zero-order chi connectivity index (χ0) is 14.8. The first-order valence-corrected chi connectivity index (χ1v) is 8.52. The third kappa shape index (κ3) is 3.97. The van der Waals surface area contributed by atoms with E-state index in [-0.39, 0.29) is 17.9 Å². The number of aromatic nitrogens is 1. The standard InChI is InChI=1S/C13H20FN3O2S/c1-10(11-7-12(14)9-15-8-11)16-13-3-5-17(6-4-13)20(2,18)19/h7-10,13,16H,3-6H2,1-2H3. The van der Waals surface area contributed by atoms with Crippen LogP contribution in [-0.4, -0.2) is 43.1 Å². The van der Waals surface area contributed by atoms with Gasteiger partial charge in [0.15, 0.2) is 0 Å². The predicted octanol–water partition coefficient (Wildman–Crippen LogP) is 1.30. The Balaban J connectivity index is 1.89. The van der Waals surface area contributed by atoms with Crippen LogP contribution in [0.25, 0.3) is 0 Å². The molecule has 1 fully saturated rings. The molecule has 1 unspecified atom stereocenters. The average molecular weight is 301 g/mol. The monoisotopic (exact) mass is 301 g/mol. The molecule has 0 aromatic carbocycles. The zero-order valence-electron chi connectivity index (χ0n) is 11.7. The minimum Gasteiger partial charge on any atom is -0.307 e. The Bertz CT molecular complexity index is 556. The number of sulfonamides is 1. The smallest absolute Gasteiger partial charge is 0.211 e. The average Bonchev–Trinajstić information content (AvgIpc) is 2.38. The molecule has 1 atom stereocenters. The Labute approximate surface area is 119 Å². The van der Waals surface area contributed by atoms with Gasteiger partial charge in [-0.3, -0.25) is 4.98 Å². The van der Waals surface area contributed by atoms with Crippen LogP contribution in [0.5, 0.6) is 0 Å². The first kappa shape index (κ1) is 15.3. The number of hydrogen-bond acceptors (Lipinski definition) is 4. The number of nitrogens with one attached hydrogen (secondary N) is 1. The van der Waals surface area contributed by atoms with Gasteiger partial charge in [-0.25, -0.2) is 17.1 Å². The van der Waals surface area contributed by atoms with Crippen molar-refractivity contribution >= 4 is 10.0 Å². The van der Waals surface area contributed by atoms with Crippen molar-refractivity contribution in [2.75, 3.05) is 19.3 Å². The fourth-order valence-electron chi connectivity index (χ4n) is 2.47. The molecule has 0 spiro atoms. The van der Waals surface area contributed by atoms with Gasteiger partial charge in [0.05, 0.1) is 12.5 Å². The minimum absolute atomic E-state index is 0.00650. The fourth-order valence-corrected chi connectivity index (χ4v) is 3.34. The molecule has 0 amide bonds. The quantitative estimate of drug-likeness (QED) is 0.910. The molecular formula is C13H20FN3O2S. The van der Waals surface area contributed by atoms with Crippen molar-refractivity contribution in [2.24, 2.45) is 0 Å². The van der Waals surface area contributed by atoms with E-state index in [1.165, 1.54) is 22.8 Å². The lowest BCUT2D eigenvalue weighted by atomic mass is 10.0. The number of piperidine rings is 1. The van der Waals surface area contributed by atoms with Crippen molar-refractivity contribution in [2.45, 2.75) is 31.8 Å². The van der Waals surface area contributed by atoms with E-state index in [1.807, 2.05) is 6.92 Å². The Morgan fingerprint density at radius 3 is 2.60 bits per heavy atom. The van der Waals surface area contributed by atoms with Crippen LogP contribution in [-0.2, 0) is 10.0 Å². The number of nitrogens with zero attached hydrogens (tertiary/aromatic N) is 2. The number of hydrogen-bond donors (Lipinski definition) is 1. The van der Waals surface area contributed by atoms with Crippen LogP contribution in [0.4, 0.5) is 4.39 Å². The van der Waals surface area contributed by atoms with Crippen molar-refractivity contribution in [3.05, 3.63) is 29.8 Å². The van der Waals surface area contributed by atoms with Crippen LogP contribution in [0.3, 0.4) is 0 Å². The lowest BCUT2D eigenvalue weighted by molar-refractivity contribution is 0.278. The lowest BCUT2D eigenvalue weighted by Crippen LogP contribution is -2.45. The maximum Gasteiger partial charge on any atom is 0.211 e. The van der Waals surface area contributed by atoms with E-state index in [0.717, 1.165) is 18.4 Å². The molecule has 20 heavy (non-hydrogen) atoms. The molecule has 0 bridgehead atoms. The van der Waals surface area contributed by atoms with Gasteiger partial charge in [0.1, 0.15) is 5.82 Å². The van der Waals surface area contributed by atoms with Gasteiger partial charge in [0.25, 0.3) is 0 Å². The molecule has 1 N–H and O–H groups in total. The summed E-state index contributed by atoms with van der Waals surface area (Å²) in [5.41, 5.74) is 0.801. The van der Waals surface area contributed by atoms with Crippen LogP contribution in [0.15, 0.2) is 18.5 Å². The zero-order valence-corrected chi connectivity index (χ0v) is 12.5. The molecule has 7 heteroatoms. The van der Waals surface area contributed by atoms with E-state index in [4.69, 9.17) is 0 Å². The number of rotatable bonds is 4. The number of pyridine rings is 1. The molecule has 0 saturated carbocycles. The predicted molar refractivity (Wildman–Crippen MR) is 75.2 cm³/mol. The van der Waals surface area contributed by atoms with E-state index in [0.29, 0.717) is 13.1 Å². The third-order valence-corrected chi connectivity index (χ3v) is 4.94. The summed E-state index contributed by atoms with van der Waals surface area (Å²) in [5, 5.41) is 3.41. The molecule has 1 aliphatic rings. The van der Waals surface area contributed by atoms with Gasteiger partial charge in [0.2, 0.25) is 10.0 Å². The maximum absolute atomic E-state index is 13.1. The highest BCUT2D eigenvalue weighted by Gasteiger charge is 2.25. The van der Waals surface area contributed by atoms with Gasteiger partial charge in [-0.1, -0.05) is 0 Å². The fraction of sp³-hybridized carbons (Fsp3) is 0.615. The molecule has 1 aliphatic heterocycles. The summed E-state index contributed by atoms with van der Waals surface area (Å²) in [7, 11) is -3.09. The highest BCUT2D eigenvalue weighted by molar-refractivity contribution is 7.88. The first-order chi connectivity index (χ1) is 9.36. The topological polar surface area (TPSA) is 62.3 Å². The second kappa shape index (κ2) is 6.15. The van der Waals surface area contributed by atoms with E-state index in [9.17, 15) is 12.8 Å². The number of halogens is 1. The molecule has 0 radical (unpaired) electrons. The van der Waals surface area contributed by atoms with E-state index >= 15 is 0 Å². The molecule has 2 heterocycles. The molecular weight excluding hydrogens is 281 g/mol. The normalized spacial score (nSPS) is 19.9. The first-order valence-electron chi connectivity index (χ1n) is 6.68. The second-order valence-electron chi connectivity index (χ2n) is 5.26. The van der Waals surface area contributed by atoms with E-state index in [2.05, 4.69) is 10.3 Å². The summed E-state index contributed by atoms with van der Waals surface area (Å²) in [4.78, 5) is 3.84. The molecule has 112 valence electrons. The van der Waals surface area contributed by atoms with Crippen molar-refractivity contribution in [3.63, 3.8) is 0 Å². The molecule has 0 aliphatic carbocycles. The summed E-state index contributed by atoms with van der Waals surface area (Å²) in [6, 6.07) is 1.70. The maximum atomic E-state index is 13.1. The van der Waals surface area contributed by atoms with Gasteiger partial charge in [-0.15, -0.1) is 0 Å². The molecule has 2 rings (SSSR count). The molecule has 5 nitrogen and oxygen atoms in total. The largest absolute Gasteiger partial charge is 0.307 e. The molecule has 1 aromatic rings. The van der Waals surface area contributed by atoms with Crippen LogP contribution < -0.4 is 5.32 Å². The summed E-state index contributed by atoms with van der Waals surface area (Å²) < 4.78 is 37.5. The summed E-state index contributed by atoms with van der Waals surface area (Å²) in [5.74, 6) is -0.344. The second-order valence-corrected chi connectivity index (χ2v) is 7.24. The van der Waals surface area contributed by atoms with E-state index < -0.39 is 10.0 Å². The van der Waals surface area contributed by atoms with Gasteiger partial charge in [0, 0.05) is 31.4 Å².